The van der Waals surface area contributed by atoms with Crippen molar-refractivity contribution >= 4 is 20.0 Å². The Morgan fingerprint density at radius 1 is 0.621 bits per heavy atom. The van der Waals surface area contributed by atoms with E-state index in [9.17, 15) is 39.0 Å². The van der Waals surface area contributed by atoms with Crippen LogP contribution in [0.2, 0.25) is 0 Å². The zero-order valence-electron chi connectivity index (χ0n) is 16.6. The molecule has 29 heavy (non-hydrogen) atoms. The Bertz CT molecular complexity index is 670. The van der Waals surface area contributed by atoms with Crippen LogP contribution in [-0.4, -0.2) is 62.3 Å². The Kier molecular flexibility index (Phi) is 10.9. The van der Waals surface area contributed by atoms with Gasteiger partial charge in [0, 0.05) is 0 Å². The average molecular weight is 468 g/mol. The highest BCUT2D eigenvalue weighted by molar-refractivity contribution is 7.92. The standard InChI is InChI=1S/C18H32F4O5S2/c1-2-3-4-5-6-7-8-9-10-11-12-28(23,24)17-13(19)15(21)18(29(25,26)27)16(22)14(17)20/h13-18H,2-12H2,1H3,(H,25,26,27)/p-1. The van der Waals surface area contributed by atoms with Gasteiger partial charge in [-0.3, -0.25) is 0 Å². The summed E-state index contributed by atoms with van der Waals surface area (Å²) in [5.74, 6) is -0.650. The minimum atomic E-state index is -5.67. The van der Waals surface area contributed by atoms with Gasteiger partial charge in [0.2, 0.25) is 0 Å². The van der Waals surface area contributed by atoms with Crippen LogP contribution in [0.15, 0.2) is 0 Å². The Morgan fingerprint density at radius 3 is 1.34 bits per heavy atom. The van der Waals surface area contributed by atoms with Crippen LogP contribution in [-0.2, 0) is 20.0 Å². The normalized spacial score (nSPS) is 31.1. The first-order chi connectivity index (χ1) is 13.4. The van der Waals surface area contributed by atoms with Crippen LogP contribution in [0.25, 0.3) is 0 Å². The van der Waals surface area contributed by atoms with E-state index in [4.69, 9.17) is 0 Å². The number of rotatable bonds is 13. The number of hydrogen-bond donors (Lipinski definition) is 0. The molecule has 0 N–H and O–H groups in total. The summed E-state index contributed by atoms with van der Waals surface area (Å²) in [6.07, 6.45) is -3.68. The molecule has 0 spiro atoms. The Morgan fingerprint density at radius 2 is 0.966 bits per heavy atom. The SMILES string of the molecule is CCCCCCCCCCCCS(=O)(=O)C1C(F)C(F)C(S(=O)(=O)[O-])C(F)C1F. The van der Waals surface area contributed by atoms with Gasteiger partial charge in [0.1, 0.15) is 20.6 Å². The first-order valence-corrected chi connectivity index (χ1v) is 13.4. The third-order valence-corrected chi connectivity index (χ3v) is 8.79. The molecule has 174 valence electrons. The van der Waals surface area contributed by atoms with Crippen LogP contribution in [0.3, 0.4) is 0 Å². The lowest BCUT2D eigenvalue weighted by molar-refractivity contribution is 0.0196. The van der Waals surface area contributed by atoms with E-state index in [1.165, 1.54) is 12.8 Å². The van der Waals surface area contributed by atoms with Crippen LogP contribution in [0, 0.1) is 0 Å². The smallest absolute Gasteiger partial charge is 0.159 e. The van der Waals surface area contributed by atoms with Crippen molar-refractivity contribution in [2.75, 3.05) is 5.75 Å². The van der Waals surface area contributed by atoms with Gasteiger partial charge in [0.25, 0.3) is 0 Å². The molecule has 0 saturated heterocycles. The molecule has 1 saturated carbocycles. The molecule has 0 bridgehead atoms. The summed E-state index contributed by atoms with van der Waals surface area (Å²) >= 11 is 0. The van der Waals surface area contributed by atoms with Crippen molar-refractivity contribution in [2.24, 2.45) is 0 Å². The molecule has 0 radical (unpaired) electrons. The number of unbranched alkanes of at least 4 members (excludes halogenated alkanes) is 9. The van der Waals surface area contributed by atoms with E-state index >= 15 is 0 Å². The minimum absolute atomic E-state index is 0.0886. The molecule has 1 fully saturated rings. The maximum Gasteiger partial charge on any atom is 0.159 e. The van der Waals surface area contributed by atoms with Crippen molar-refractivity contribution in [1.82, 2.24) is 0 Å². The maximum absolute atomic E-state index is 14.2. The maximum atomic E-state index is 14.2. The summed E-state index contributed by atoms with van der Waals surface area (Å²) < 4.78 is 113. The lowest BCUT2D eigenvalue weighted by Crippen LogP contribution is -2.62. The molecule has 0 aromatic rings. The van der Waals surface area contributed by atoms with E-state index in [1.807, 2.05) is 0 Å². The first-order valence-electron chi connectivity index (χ1n) is 10.2. The van der Waals surface area contributed by atoms with Gasteiger partial charge in [-0.25, -0.2) is 34.4 Å². The second kappa shape index (κ2) is 11.8. The van der Waals surface area contributed by atoms with Gasteiger partial charge in [-0.1, -0.05) is 64.7 Å². The minimum Gasteiger partial charge on any atom is -0.748 e. The molecule has 0 aromatic heterocycles. The van der Waals surface area contributed by atoms with Gasteiger partial charge in [-0.15, -0.1) is 0 Å². The van der Waals surface area contributed by atoms with Crippen molar-refractivity contribution in [1.29, 1.82) is 0 Å². The van der Waals surface area contributed by atoms with Crippen molar-refractivity contribution in [2.45, 2.75) is 106 Å². The van der Waals surface area contributed by atoms with E-state index in [-0.39, 0.29) is 6.42 Å². The van der Waals surface area contributed by atoms with Crippen LogP contribution >= 0.6 is 0 Å². The lowest BCUT2D eigenvalue weighted by Gasteiger charge is -2.39. The van der Waals surface area contributed by atoms with Crippen molar-refractivity contribution in [3.05, 3.63) is 0 Å². The number of alkyl halides is 4. The number of sulfone groups is 1. The van der Waals surface area contributed by atoms with E-state index in [0.717, 1.165) is 38.5 Å². The average Bonchev–Trinajstić information content (AvgIpc) is 2.60. The predicted molar refractivity (Wildman–Crippen MR) is 102 cm³/mol. The highest BCUT2D eigenvalue weighted by Crippen LogP contribution is 2.37. The lowest BCUT2D eigenvalue weighted by atomic mass is 9.92. The molecule has 5 nitrogen and oxygen atoms in total. The van der Waals surface area contributed by atoms with E-state index in [2.05, 4.69) is 6.92 Å². The monoisotopic (exact) mass is 467 g/mol. The molecular formula is C18H31F4O5S2-. The van der Waals surface area contributed by atoms with Gasteiger partial charge < -0.3 is 4.55 Å². The zero-order valence-corrected chi connectivity index (χ0v) is 18.2. The highest BCUT2D eigenvalue weighted by atomic mass is 32.2. The molecule has 1 aliphatic carbocycles. The number of halogens is 4. The zero-order chi connectivity index (χ0) is 22.2. The fourth-order valence-corrected chi connectivity index (χ4v) is 6.63. The largest absolute Gasteiger partial charge is 0.748 e. The summed E-state index contributed by atoms with van der Waals surface area (Å²) in [6, 6.07) is 0. The topological polar surface area (TPSA) is 91.3 Å². The molecule has 0 aliphatic heterocycles. The van der Waals surface area contributed by atoms with Crippen molar-refractivity contribution in [3.8, 4) is 0 Å². The molecule has 0 heterocycles. The number of hydrogen-bond acceptors (Lipinski definition) is 5. The Hall–Kier alpha value is -0.420. The van der Waals surface area contributed by atoms with Crippen LogP contribution in [0.1, 0.15) is 71.1 Å². The van der Waals surface area contributed by atoms with Gasteiger partial charge in [0.05, 0.1) is 5.75 Å². The molecule has 0 aromatic carbocycles. The van der Waals surface area contributed by atoms with Gasteiger partial charge in [-0.05, 0) is 6.42 Å². The quantitative estimate of drug-likeness (QED) is 0.232. The van der Waals surface area contributed by atoms with Gasteiger partial charge >= 0.3 is 0 Å². The van der Waals surface area contributed by atoms with Crippen molar-refractivity contribution < 1.29 is 39.0 Å². The molecule has 1 aliphatic rings. The van der Waals surface area contributed by atoms with Gasteiger partial charge in [-0.2, -0.15) is 0 Å². The summed E-state index contributed by atoms with van der Waals surface area (Å²) in [5, 5.41) is -5.74. The summed E-state index contributed by atoms with van der Waals surface area (Å²) in [4.78, 5) is 0. The van der Waals surface area contributed by atoms with Gasteiger partial charge in [0.15, 0.2) is 34.5 Å². The molecule has 4 atom stereocenters. The molecule has 4 unspecified atom stereocenters. The molecule has 0 amide bonds. The van der Waals surface area contributed by atoms with Crippen molar-refractivity contribution in [3.63, 3.8) is 0 Å². The Balaban J connectivity index is 2.51. The fourth-order valence-electron chi connectivity index (χ4n) is 3.72. The highest BCUT2D eigenvalue weighted by Gasteiger charge is 2.59. The van der Waals surface area contributed by atoms with E-state index in [1.54, 1.807) is 0 Å². The predicted octanol–water partition coefficient (Wildman–Crippen LogP) is 3.97. The molecular weight excluding hydrogens is 436 g/mol. The second-order valence-electron chi connectivity index (χ2n) is 7.75. The summed E-state index contributed by atoms with van der Waals surface area (Å²) in [7, 11) is -10.2. The summed E-state index contributed by atoms with van der Waals surface area (Å²) in [6.45, 7) is 2.13. The van der Waals surface area contributed by atoms with Crippen LogP contribution in [0.5, 0.6) is 0 Å². The Labute approximate surface area is 171 Å². The first kappa shape index (κ1) is 26.6. The fraction of sp³-hybridized carbons (Fsp3) is 1.00. The third-order valence-electron chi connectivity index (χ3n) is 5.39. The molecule has 11 heteroatoms. The van der Waals surface area contributed by atoms with Crippen LogP contribution < -0.4 is 0 Å². The summed E-state index contributed by atoms with van der Waals surface area (Å²) in [5.41, 5.74) is 0. The second-order valence-corrected chi connectivity index (χ2v) is 11.6. The van der Waals surface area contributed by atoms with E-state index in [0.29, 0.717) is 6.42 Å². The third kappa shape index (κ3) is 7.65. The van der Waals surface area contributed by atoms with Crippen LogP contribution in [0.4, 0.5) is 17.6 Å². The van der Waals surface area contributed by atoms with E-state index < -0.39 is 60.9 Å². The molecule has 1 rings (SSSR count).